The van der Waals surface area contributed by atoms with Gasteiger partial charge in [0.1, 0.15) is 17.2 Å². The molecule has 0 spiro atoms. The zero-order valence-corrected chi connectivity index (χ0v) is 15.4. The van der Waals surface area contributed by atoms with Crippen molar-refractivity contribution in [3.63, 3.8) is 0 Å². The fraction of sp³-hybridized carbons (Fsp3) is 0.350. The van der Waals surface area contributed by atoms with Crippen LogP contribution in [0.25, 0.3) is 0 Å². The largest absolute Gasteiger partial charge is 0.507 e. The van der Waals surface area contributed by atoms with Gasteiger partial charge in [-0.2, -0.15) is 13.2 Å². The molecular weight excluding hydrogens is 375 g/mol. The van der Waals surface area contributed by atoms with Crippen molar-refractivity contribution in [2.24, 2.45) is 0 Å². The number of rotatable bonds is 9. The molecule has 0 atom stereocenters. The molecule has 0 amide bonds. The number of hydrogen-bond acceptors (Lipinski definition) is 5. The lowest BCUT2D eigenvalue weighted by Crippen LogP contribution is -2.11. The average Bonchev–Trinajstić information content (AvgIpc) is 2.59. The highest BCUT2D eigenvalue weighted by atomic mass is 19.4. The van der Waals surface area contributed by atoms with Crippen LogP contribution in [0.4, 0.5) is 18.9 Å². The van der Waals surface area contributed by atoms with Crippen molar-refractivity contribution < 1.29 is 32.5 Å². The van der Waals surface area contributed by atoms with Gasteiger partial charge in [0.05, 0.1) is 18.8 Å². The molecule has 0 aliphatic carbocycles. The van der Waals surface area contributed by atoms with Gasteiger partial charge in [-0.05, 0) is 37.6 Å². The van der Waals surface area contributed by atoms with Gasteiger partial charge >= 0.3 is 6.18 Å². The van der Waals surface area contributed by atoms with Crippen molar-refractivity contribution in [2.45, 2.75) is 32.4 Å². The first kappa shape index (κ1) is 21.4. The number of carbonyl (C=O) groups excluding carboxylic acids is 1. The molecule has 5 nitrogen and oxygen atoms in total. The minimum atomic E-state index is -4.39. The van der Waals surface area contributed by atoms with E-state index in [0.717, 1.165) is 0 Å². The van der Waals surface area contributed by atoms with Crippen LogP contribution in [0, 0.1) is 0 Å². The molecule has 0 bridgehead atoms. The second kappa shape index (κ2) is 9.34. The summed E-state index contributed by atoms with van der Waals surface area (Å²) in [6, 6.07) is 9.66. The zero-order valence-electron chi connectivity index (χ0n) is 15.4. The Balaban J connectivity index is 1.99. The Morgan fingerprint density at radius 3 is 2.50 bits per heavy atom. The minimum Gasteiger partial charge on any atom is -0.507 e. The van der Waals surface area contributed by atoms with Crippen LogP contribution in [0.2, 0.25) is 0 Å². The van der Waals surface area contributed by atoms with Gasteiger partial charge in [0.2, 0.25) is 0 Å². The first-order valence-corrected chi connectivity index (χ1v) is 8.71. The predicted molar refractivity (Wildman–Crippen MR) is 98.9 cm³/mol. The summed E-state index contributed by atoms with van der Waals surface area (Å²) in [6.45, 7) is 1.72. The van der Waals surface area contributed by atoms with E-state index < -0.39 is 30.6 Å². The van der Waals surface area contributed by atoms with E-state index in [4.69, 9.17) is 15.2 Å². The molecule has 0 radical (unpaired) electrons. The number of halogens is 3. The minimum absolute atomic E-state index is 0.0261. The number of phenols is 1. The van der Waals surface area contributed by atoms with Gasteiger partial charge in [-0.1, -0.05) is 6.07 Å². The number of benzene rings is 2. The van der Waals surface area contributed by atoms with Gasteiger partial charge in [0.15, 0.2) is 5.78 Å². The van der Waals surface area contributed by atoms with Crippen molar-refractivity contribution in [3.05, 3.63) is 47.5 Å². The van der Waals surface area contributed by atoms with Gasteiger partial charge in [-0.25, -0.2) is 0 Å². The molecule has 3 N–H and O–H groups in total. The third kappa shape index (κ3) is 6.37. The van der Waals surface area contributed by atoms with Crippen molar-refractivity contribution in [3.8, 4) is 17.2 Å². The standard InChI is InChI=1S/C20H22F3NO4/c1-13(25)16-6-7-18(17(19(16)26)8-9-20(21,22)23)28-11-3-10-27-15-5-2-4-14(24)12-15/h2,4-7,12,26H,3,8-11,24H2,1H3. The fourth-order valence-electron chi connectivity index (χ4n) is 2.58. The topological polar surface area (TPSA) is 81.8 Å². The number of hydrogen-bond donors (Lipinski definition) is 2. The first-order valence-electron chi connectivity index (χ1n) is 8.71. The molecule has 0 unspecified atom stereocenters. The van der Waals surface area contributed by atoms with Crippen LogP contribution in [0.3, 0.4) is 0 Å². The van der Waals surface area contributed by atoms with Gasteiger partial charge in [0, 0.05) is 30.2 Å². The highest BCUT2D eigenvalue weighted by Crippen LogP contribution is 2.35. The second-order valence-corrected chi connectivity index (χ2v) is 6.23. The third-order valence-electron chi connectivity index (χ3n) is 3.95. The molecule has 152 valence electrons. The van der Waals surface area contributed by atoms with E-state index in [2.05, 4.69) is 0 Å². The molecule has 2 aromatic rings. The summed E-state index contributed by atoms with van der Waals surface area (Å²) in [7, 11) is 0. The average molecular weight is 397 g/mol. The summed E-state index contributed by atoms with van der Waals surface area (Å²) < 4.78 is 48.8. The van der Waals surface area contributed by atoms with E-state index in [0.29, 0.717) is 24.5 Å². The maximum Gasteiger partial charge on any atom is 0.389 e. The third-order valence-corrected chi connectivity index (χ3v) is 3.95. The van der Waals surface area contributed by atoms with E-state index in [9.17, 15) is 23.1 Å². The van der Waals surface area contributed by atoms with Crippen LogP contribution < -0.4 is 15.2 Å². The molecule has 28 heavy (non-hydrogen) atoms. The molecule has 8 heteroatoms. The lowest BCUT2D eigenvalue weighted by molar-refractivity contribution is -0.134. The highest BCUT2D eigenvalue weighted by Gasteiger charge is 2.28. The van der Waals surface area contributed by atoms with Crippen molar-refractivity contribution >= 4 is 11.5 Å². The summed E-state index contributed by atoms with van der Waals surface area (Å²) in [6.07, 6.45) is -5.54. The molecular formula is C20H22F3NO4. The van der Waals surface area contributed by atoms with Gasteiger partial charge in [-0.3, -0.25) is 4.79 Å². The quantitative estimate of drug-likeness (QED) is 0.369. The molecule has 0 aliphatic rings. The Kier molecular flexibility index (Phi) is 7.14. The van der Waals surface area contributed by atoms with Crippen LogP contribution in [0.1, 0.15) is 35.7 Å². The summed E-state index contributed by atoms with van der Waals surface area (Å²) in [5.41, 5.74) is 6.17. The lowest BCUT2D eigenvalue weighted by atomic mass is 10.0. The zero-order chi connectivity index (χ0) is 20.7. The van der Waals surface area contributed by atoms with Crippen LogP contribution >= 0.6 is 0 Å². The van der Waals surface area contributed by atoms with Gasteiger partial charge in [0.25, 0.3) is 0 Å². The van der Waals surface area contributed by atoms with Crippen LogP contribution in [0.15, 0.2) is 36.4 Å². The van der Waals surface area contributed by atoms with E-state index in [1.807, 2.05) is 0 Å². The number of ether oxygens (including phenoxy) is 2. The number of nitrogens with two attached hydrogens (primary N) is 1. The Hall–Kier alpha value is -2.90. The molecule has 2 rings (SSSR count). The number of nitrogen functional groups attached to an aromatic ring is 1. The Labute approximate surface area is 160 Å². The summed E-state index contributed by atoms with van der Waals surface area (Å²) in [5, 5.41) is 10.2. The molecule has 0 saturated heterocycles. The smallest absolute Gasteiger partial charge is 0.389 e. The molecule has 0 fully saturated rings. The number of aromatic hydroxyl groups is 1. The molecule has 0 heterocycles. The Morgan fingerprint density at radius 2 is 1.86 bits per heavy atom. The van der Waals surface area contributed by atoms with Crippen LogP contribution in [-0.4, -0.2) is 30.3 Å². The van der Waals surface area contributed by atoms with E-state index in [1.54, 1.807) is 24.3 Å². The Bertz CT molecular complexity index is 822. The number of ketones is 1. The first-order chi connectivity index (χ1) is 13.2. The molecule has 0 saturated carbocycles. The molecule has 0 aromatic heterocycles. The number of carbonyl (C=O) groups is 1. The summed E-state index contributed by atoms with van der Waals surface area (Å²) in [4.78, 5) is 11.5. The summed E-state index contributed by atoms with van der Waals surface area (Å²) in [5.74, 6) is -0.178. The SMILES string of the molecule is CC(=O)c1ccc(OCCCOc2cccc(N)c2)c(CCC(F)(F)F)c1O. The monoisotopic (exact) mass is 397 g/mol. The normalized spacial score (nSPS) is 11.3. The fourth-order valence-corrected chi connectivity index (χ4v) is 2.58. The maximum absolute atomic E-state index is 12.6. The van der Waals surface area contributed by atoms with E-state index in [-0.39, 0.29) is 23.5 Å². The number of Topliss-reactive ketones (excluding diaryl/α,β-unsaturated/α-hetero) is 1. The number of alkyl halides is 3. The lowest BCUT2D eigenvalue weighted by Gasteiger charge is -2.16. The maximum atomic E-state index is 12.6. The van der Waals surface area contributed by atoms with E-state index in [1.165, 1.54) is 19.1 Å². The second-order valence-electron chi connectivity index (χ2n) is 6.23. The number of anilines is 1. The molecule has 0 aliphatic heterocycles. The number of phenolic OH excluding ortho intramolecular Hbond substituents is 1. The van der Waals surface area contributed by atoms with Crippen molar-refractivity contribution in [1.29, 1.82) is 0 Å². The Morgan fingerprint density at radius 1 is 1.14 bits per heavy atom. The summed E-state index contributed by atoms with van der Waals surface area (Å²) >= 11 is 0. The van der Waals surface area contributed by atoms with Crippen molar-refractivity contribution in [2.75, 3.05) is 18.9 Å². The van der Waals surface area contributed by atoms with Gasteiger partial charge in [-0.15, -0.1) is 0 Å². The van der Waals surface area contributed by atoms with E-state index >= 15 is 0 Å². The highest BCUT2D eigenvalue weighted by molar-refractivity contribution is 5.97. The van der Waals surface area contributed by atoms with Crippen LogP contribution in [-0.2, 0) is 6.42 Å². The van der Waals surface area contributed by atoms with Gasteiger partial charge < -0.3 is 20.3 Å². The van der Waals surface area contributed by atoms with Crippen LogP contribution in [0.5, 0.6) is 17.2 Å². The molecule has 2 aromatic carbocycles. The predicted octanol–water partition coefficient (Wildman–Crippen LogP) is 4.52. The van der Waals surface area contributed by atoms with Crippen molar-refractivity contribution in [1.82, 2.24) is 0 Å².